The van der Waals surface area contributed by atoms with Crippen LogP contribution in [0.5, 0.6) is 0 Å². The molecule has 1 aromatic carbocycles. The maximum atomic E-state index is 14.2. The van der Waals surface area contributed by atoms with Gasteiger partial charge in [0.1, 0.15) is 5.82 Å². The highest BCUT2D eigenvalue weighted by Gasteiger charge is 2.23. The van der Waals surface area contributed by atoms with E-state index in [4.69, 9.17) is 5.11 Å². The number of thioether (sulfide) groups is 1. The SMILES string of the molecule is CC(=O)c1ccc(N2CCN(C(=O)CSCC(=O)O)CC2)c(F)c1. The molecule has 24 heavy (non-hydrogen) atoms. The van der Waals surface area contributed by atoms with E-state index < -0.39 is 11.8 Å². The number of hydrogen-bond donors (Lipinski definition) is 1. The van der Waals surface area contributed by atoms with Gasteiger partial charge >= 0.3 is 5.97 Å². The van der Waals surface area contributed by atoms with Crippen LogP contribution in [0.4, 0.5) is 10.1 Å². The molecule has 130 valence electrons. The zero-order valence-corrected chi connectivity index (χ0v) is 14.1. The summed E-state index contributed by atoms with van der Waals surface area (Å²) in [5, 5.41) is 8.57. The summed E-state index contributed by atoms with van der Waals surface area (Å²) in [6.07, 6.45) is 0. The molecule has 1 fully saturated rings. The maximum absolute atomic E-state index is 14.2. The van der Waals surface area contributed by atoms with Crippen LogP contribution in [0.3, 0.4) is 0 Å². The van der Waals surface area contributed by atoms with Gasteiger partial charge in [0.25, 0.3) is 0 Å². The van der Waals surface area contributed by atoms with Crippen molar-refractivity contribution in [2.45, 2.75) is 6.92 Å². The van der Waals surface area contributed by atoms with Crippen LogP contribution in [-0.4, -0.2) is 65.4 Å². The van der Waals surface area contributed by atoms with Crippen molar-refractivity contribution in [3.05, 3.63) is 29.6 Å². The van der Waals surface area contributed by atoms with Crippen molar-refractivity contribution in [2.24, 2.45) is 0 Å². The standard InChI is InChI=1S/C16H19FN2O4S/c1-11(20)12-2-3-14(13(17)8-12)18-4-6-19(7-5-18)15(21)9-24-10-16(22)23/h2-3,8H,4-7,9-10H2,1H3,(H,22,23). The zero-order chi connectivity index (χ0) is 17.7. The second-order valence-electron chi connectivity index (χ2n) is 5.48. The number of halogens is 1. The minimum Gasteiger partial charge on any atom is -0.481 e. The molecule has 1 aliphatic rings. The number of benzene rings is 1. The molecule has 6 nitrogen and oxygen atoms in total. The molecule has 0 radical (unpaired) electrons. The summed E-state index contributed by atoms with van der Waals surface area (Å²) in [6, 6.07) is 4.42. The van der Waals surface area contributed by atoms with Crippen LogP contribution in [0.2, 0.25) is 0 Å². The third-order valence-corrected chi connectivity index (χ3v) is 4.68. The first-order valence-corrected chi connectivity index (χ1v) is 8.66. The summed E-state index contributed by atoms with van der Waals surface area (Å²) < 4.78 is 14.2. The molecule has 1 amide bonds. The van der Waals surface area contributed by atoms with Crippen molar-refractivity contribution in [3.8, 4) is 0 Å². The first kappa shape index (κ1) is 18.3. The quantitative estimate of drug-likeness (QED) is 0.780. The normalized spacial score (nSPS) is 14.6. The molecule has 1 saturated heterocycles. The summed E-state index contributed by atoms with van der Waals surface area (Å²) >= 11 is 1.07. The Morgan fingerprint density at radius 3 is 2.38 bits per heavy atom. The van der Waals surface area contributed by atoms with Gasteiger partial charge in [-0.1, -0.05) is 0 Å². The van der Waals surface area contributed by atoms with Crippen LogP contribution < -0.4 is 4.90 Å². The molecule has 0 aliphatic carbocycles. The Kier molecular flexibility index (Phi) is 6.19. The number of nitrogens with zero attached hydrogens (tertiary/aromatic N) is 2. The van der Waals surface area contributed by atoms with E-state index in [0.29, 0.717) is 37.4 Å². The van der Waals surface area contributed by atoms with E-state index in [2.05, 4.69) is 0 Å². The molecular formula is C16H19FN2O4S. The van der Waals surface area contributed by atoms with Crippen molar-refractivity contribution in [1.29, 1.82) is 0 Å². The van der Waals surface area contributed by atoms with Crippen LogP contribution in [-0.2, 0) is 9.59 Å². The van der Waals surface area contributed by atoms with Crippen molar-refractivity contribution < 1.29 is 23.9 Å². The smallest absolute Gasteiger partial charge is 0.313 e. The monoisotopic (exact) mass is 354 g/mol. The number of rotatable bonds is 6. The van der Waals surface area contributed by atoms with Gasteiger partial charge in [0, 0.05) is 31.7 Å². The molecule has 8 heteroatoms. The van der Waals surface area contributed by atoms with Gasteiger partial charge in [-0.05, 0) is 25.1 Å². The third kappa shape index (κ3) is 4.70. The fourth-order valence-corrected chi connectivity index (χ4v) is 3.13. The average Bonchev–Trinajstić information content (AvgIpc) is 2.54. The van der Waals surface area contributed by atoms with E-state index in [1.165, 1.54) is 13.0 Å². The van der Waals surface area contributed by atoms with E-state index in [1.807, 2.05) is 4.90 Å². The maximum Gasteiger partial charge on any atom is 0.313 e. The minimum absolute atomic E-state index is 0.0978. The molecular weight excluding hydrogens is 335 g/mol. The van der Waals surface area contributed by atoms with E-state index in [0.717, 1.165) is 11.8 Å². The third-order valence-electron chi connectivity index (χ3n) is 3.78. The lowest BCUT2D eigenvalue weighted by Gasteiger charge is -2.36. The molecule has 0 atom stereocenters. The van der Waals surface area contributed by atoms with Crippen LogP contribution in [0.1, 0.15) is 17.3 Å². The summed E-state index contributed by atoms with van der Waals surface area (Å²) in [7, 11) is 0. The molecule has 2 rings (SSSR count). The fourth-order valence-electron chi connectivity index (χ4n) is 2.50. The Hall–Kier alpha value is -2.09. The number of hydrogen-bond acceptors (Lipinski definition) is 5. The summed E-state index contributed by atoms with van der Waals surface area (Å²) in [5.41, 5.74) is 0.757. The lowest BCUT2D eigenvalue weighted by atomic mass is 10.1. The topological polar surface area (TPSA) is 77.9 Å². The van der Waals surface area contributed by atoms with Gasteiger partial charge in [0.15, 0.2) is 5.78 Å². The molecule has 0 spiro atoms. The second kappa shape index (κ2) is 8.14. The van der Waals surface area contributed by atoms with Gasteiger partial charge in [-0.3, -0.25) is 14.4 Å². The Balaban J connectivity index is 1.89. The lowest BCUT2D eigenvalue weighted by molar-refractivity contribution is -0.133. The van der Waals surface area contributed by atoms with Crippen molar-refractivity contribution >= 4 is 35.1 Å². The molecule has 1 heterocycles. The first-order valence-electron chi connectivity index (χ1n) is 7.51. The summed E-state index contributed by atoms with van der Waals surface area (Å²) in [4.78, 5) is 37.2. The van der Waals surface area contributed by atoms with E-state index in [-0.39, 0.29) is 23.2 Å². The van der Waals surface area contributed by atoms with Gasteiger partial charge in [-0.25, -0.2) is 4.39 Å². The first-order chi connectivity index (χ1) is 11.4. The summed E-state index contributed by atoms with van der Waals surface area (Å²) in [6.45, 7) is 3.29. The zero-order valence-electron chi connectivity index (χ0n) is 13.3. The van der Waals surface area contributed by atoms with Crippen LogP contribution in [0, 0.1) is 5.82 Å². The van der Waals surface area contributed by atoms with E-state index in [1.54, 1.807) is 17.0 Å². The minimum atomic E-state index is -0.942. The van der Waals surface area contributed by atoms with Gasteiger partial charge in [-0.2, -0.15) is 0 Å². The average molecular weight is 354 g/mol. The fraction of sp³-hybridized carbons (Fsp3) is 0.438. The number of carbonyl (C=O) groups is 3. The predicted octanol–water partition coefficient (Wildman–Crippen LogP) is 1.49. The lowest BCUT2D eigenvalue weighted by Crippen LogP contribution is -2.49. The molecule has 0 unspecified atom stereocenters. The van der Waals surface area contributed by atoms with Gasteiger partial charge < -0.3 is 14.9 Å². The van der Waals surface area contributed by atoms with Crippen molar-refractivity contribution in [2.75, 3.05) is 42.6 Å². The Morgan fingerprint density at radius 1 is 1.17 bits per heavy atom. The number of aliphatic carboxylic acids is 1. The highest BCUT2D eigenvalue weighted by Crippen LogP contribution is 2.22. The molecule has 0 bridgehead atoms. The van der Waals surface area contributed by atoms with Crippen molar-refractivity contribution in [3.63, 3.8) is 0 Å². The number of carbonyl (C=O) groups excluding carboxylic acids is 2. The van der Waals surface area contributed by atoms with Gasteiger partial charge in [0.05, 0.1) is 17.2 Å². The molecule has 0 aromatic heterocycles. The highest BCUT2D eigenvalue weighted by molar-refractivity contribution is 8.00. The number of carboxylic acid groups (broad SMARTS) is 1. The van der Waals surface area contributed by atoms with Crippen molar-refractivity contribution in [1.82, 2.24) is 4.90 Å². The van der Waals surface area contributed by atoms with Crippen LogP contribution in [0.25, 0.3) is 0 Å². The van der Waals surface area contributed by atoms with Crippen LogP contribution >= 0.6 is 11.8 Å². The highest BCUT2D eigenvalue weighted by atomic mass is 32.2. The predicted molar refractivity (Wildman–Crippen MR) is 90.2 cm³/mol. The van der Waals surface area contributed by atoms with E-state index in [9.17, 15) is 18.8 Å². The number of anilines is 1. The number of Topliss-reactive ketones (excluding diaryl/α,β-unsaturated/α-hetero) is 1. The Bertz CT molecular complexity index is 645. The largest absolute Gasteiger partial charge is 0.481 e. The molecule has 1 aromatic rings. The van der Waals surface area contributed by atoms with Gasteiger partial charge in [-0.15, -0.1) is 11.8 Å². The van der Waals surface area contributed by atoms with Crippen LogP contribution in [0.15, 0.2) is 18.2 Å². The number of piperazine rings is 1. The molecule has 1 aliphatic heterocycles. The number of carboxylic acids is 1. The number of ketones is 1. The summed E-state index contributed by atoms with van der Waals surface area (Å²) in [5.74, 6) is -1.64. The second-order valence-corrected chi connectivity index (χ2v) is 6.46. The Morgan fingerprint density at radius 2 is 1.83 bits per heavy atom. The number of amides is 1. The van der Waals surface area contributed by atoms with Gasteiger partial charge in [0.2, 0.25) is 5.91 Å². The Labute approximate surface area is 143 Å². The van der Waals surface area contributed by atoms with E-state index >= 15 is 0 Å². The molecule has 0 saturated carbocycles. The molecule has 1 N–H and O–H groups in total.